The number of halogens is 1. The average Bonchev–Trinajstić information content (AvgIpc) is 2.34. The van der Waals surface area contributed by atoms with Gasteiger partial charge in [0.25, 0.3) is 0 Å². The Kier molecular flexibility index (Phi) is 11.0. The summed E-state index contributed by atoms with van der Waals surface area (Å²) in [4.78, 5) is 3.81. The fourth-order valence-corrected chi connectivity index (χ4v) is 1.63. The van der Waals surface area contributed by atoms with Gasteiger partial charge >= 0.3 is 0 Å². The lowest BCUT2D eigenvalue weighted by atomic mass is 10.0. The fourth-order valence-electron chi connectivity index (χ4n) is 1.63. The van der Waals surface area contributed by atoms with Crippen LogP contribution in [0.1, 0.15) is 19.3 Å². The summed E-state index contributed by atoms with van der Waals surface area (Å²) in [5.74, 6) is 1.17. The van der Waals surface area contributed by atoms with Crippen molar-refractivity contribution in [2.45, 2.75) is 19.3 Å². The Morgan fingerprint density at radius 2 is 2.18 bits per heavy atom. The third-order valence-corrected chi connectivity index (χ3v) is 2.71. The van der Waals surface area contributed by atoms with Crippen molar-refractivity contribution in [1.29, 1.82) is 0 Å². The zero-order chi connectivity index (χ0) is 11.6. The normalized spacial score (nSPS) is 17.6. The smallest absolute Gasteiger partial charge is 0.188 e. The second-order valence-electron chi connectivity index (χ2n) is 4.02. The summed E-state index contributed by atoms with van der Waals surface area (Å²) in [6.45, 7) is 4.23. The zero-order valence-electron chi connectivity index (χ0n) is 10.5. The second-order valence-corrected chi connectivity index (χ2v) is 4.02. The van der Waals surface area contributed by atoms with Crippen molar-refractivity contribution in [2.24, 2.45) is 16.6 Å². The van der Waals surface area contributed by atoms with Gasteiger partial charge in [-0.05, 0) is 25.2 Å². The third kappa shape index (κ3) is 8.62. The van der Waals surface area contributed by atoms with E-state index in [-0.39, 0.29) is 24.0 Å². The van der Waals surface area contributed by atoms with Crippen LogP contribution in [-0.2, 0) is 9.47 Å². The molecule has 0 unspecified atom stereocenters. The maximum Gasteiger partial charge on any atom is 0.188 e. The van der Waals surface area contributed by atoms with Gasteiger partial charge in [-0.25, -0.2) is 0 Å². The summed E-state index contributed by atoms with van der Waals surface area (Å²) in [7, 11) is 1.67. The second kappa shape index (κ2) is 11.0. The Morgan fingerprint density at radius 1 is 1.47 bits per heavy atom. The molecule has 0 aromatic carbocycles. The van der Waals surface area contributed by atoms with Gasteiger partial charge in [0.2, 0.25) is 0 Å². The van der Waals surface area contributed by atoms with E-state index in [4.69, 9.17) is 15.2 Å². The molecule has 1 rings (SSSR count). The molecule has 0 aliphatic carbocycles. The first-order valence-corrected chi connectivity index (χ1v) is 5.94. The lowest BCUT2D eigenvalue weighted by molar-refractivity contribution is 0.0203. The molecule has 5 nitrogen and oxygen atoms in total. The van der Waals surface area contributed by atoms with E-state index in [2.05, 4.69) is 10.3 Å². The average molecular weight is 357 g/mol. The molecule has 1 heterocycles. The van der Waals surface area contributed by atoms with Gasteiger partial charge in [0, 0.05) is 40.0 Å². The molecule has 0 saturated carbocycles. The fraction of sp³-hybridized carbons (Fsp3) is 0.909. The lowest BCUT2D eigenvalue weighted by Gasteiger charge is -2.21. The molecule has 0 aromatic rings. The highest BCUT2D eigenvalue weighted by Crippen LogP contribution is 2.14. The largest absolute Gasteiger partial charge is 0.381 e. The third-order valence-electron chi connectivity index (χ3n) is 2.71. The number of guanidine groups is 1. The number of nitrogens with one attached hydrogen (secondary N) is 1. The van der Waals surface area contributed by atoms with Gasteiger partial charge in [-0.3, -0.25) is 4.99 Å². The SMILES string of the molecule is CN=C(N)NCCCOCC1CCOCC1.I. The minimum Gasteiger partial charge on any atom is -0.381 e. The molecule has 1 saturated heterocycles. The van der Waals surface area contributed by atoms with Crippen molar-refractivity contribution in [3.63, 3.8) is 0 Å². The van der Waals surface area contributed by atoms with E-state index in [1.165, 1.54) is 0 Å². The van der Waals surface area contributed by atoms with Crippen LogP contribution in [0.2, 0.25) is 0 Å². The van der Waals surface area contributed by atoms with Crippen LogP contribution in [0, 0.1) is 5.92 Å². The van der Waals surface area contributed by atoms with E-state index in [1.807, 2.05) is 0 Å². The number of nitrogens with two attached hydrogens (primary N) is 1. The molecule has 6 heteroatoms. The van der Waals surface area contributed by atoms with Crippen LogP contribution < -0.4 is 11.1 Å². The summed E-state index contributed by atoms with van der Waals surface area (Å²) in [6, 6.07) is 0. The number of rotatable bonds is 6. The molecule has 0 spiro atoms. The Morgan fingerprint density at radius 3 is 2.82 bits per heavy atom. The number of ether oxygens (including phenoxy) is 2. The van der Waals surface area contributed by atoms with Gasteiger partial charge in [-0.1, -0.05) is 0 Å². The van der Waals surface area contributed by atoms with Crippen LogP contribution in [0.4, 0.5) is 0 Å². The molecular weight excluding hydrogens is 333 g/mol. The van der Waals surface area contributed by atoms with E-state index in [9.17, 15) is 0 Å². The number of nitrogens with zero attached hydrogens (tertiary/aromatic N) is 1. The van der Waals surface area contributed by atoms with E-state index in [0.717, 1.165) is 52.2 Å². The summed E-state index contributed by atoms with van der Waals surface area (Å²) in [5, 5.41) is 3.00. The van der Waals surface area contributed by atoms with Gasteiger partial charge in [-0.15, -0.1) is 24.0 Å². The molecule has 0 radical (unpaired) electrons. The Hall–Kier alpha value is -0.0800. The van der Waals surface area contributed by atoms with Gasteiger partial charge in [0.1, 0.15) is 0 Å². The molecule has 0 atom stereocenters. The van der Waals surface area contributed by atoms with Crippen LogP contribution in [0.15, 0.2) is 4.99 Å². The van der Waals surface area contributed by atoms with Crippen LogP contribution in [0.5, 0.6) is 0 Å². The van der Waals surface area contributed by atoms with Crippen molar-refractivity contribution in [3.8, 4) is 0 Å². The zero-order valence-corrected chi connectivity index (χ0v) is 12.8. The van der Waals surface area contributed by atoms with Gasteiger partial charge < -0.3 is 20.5 Å². The van der Waals surface area contributed by atoms with Crippen LogP contribution in [-0.4, -0.2) is 46.0 Å². The van der Waals surface area contributed by atoms with E-state index in [1.54, 1.807) is 7.05 Å². The Bertz CT molecular complexity index is 209. The highest BCUT2D eigenvalue weighted by molar-refractivity contribution is 14.0. The van der Waals surface area contributed by atoms with Crippen LogP contribution in [0.25, 0.3) is 0 Å². The maximum atomic E-state index is 5.61. The molecular formula is C11H24IN3O2. The van der Waals surface area contributed by atoms with Crippen molar-refractivity contribution >= 4 is 29.9 Å². The summed E-state index contributed by atoms with van der Waals surface area (Å²) < 4.78 is 10.9. The quantitative estimate of drug-likeness (QED) is 0.322. The minimum absolute atomic E-state index is 0. The first kappa shape index (κ1) is 16.9. The number of hydrogen-bond donors (Lipinski definition) is 2. The first-order chi connectivity index (χ1) is 7.83. The molecule has 1 aliphatic rings. The predicted octanol–water partition coefficient (Wildman–Crippen LogP) is 0.972. The number of hydrogen-bond acceptors (Lipinski definition) is 3. The van der Waals surface area contributed by atoms with Gasteiger partial charge in [0.15, 0.2) is 5.96 Å². The molecule has 3 N–H and O–H groups in total. The van der Waals surface area contributed by atoms with Crippen molar-refractivity contribution in [2.75, 3.05) is 40.0 Å². The summed E-state index contributed by atoms with van der Waals surface area (Å²) in [6.07, 6.45) is 3.22. The van der Waals surface area contributed by atoms with Crippen molar-refractivity contribution in [1.82, 2.24) is 5.32 Å². The van der Waals surface area contributed by atoms with E-state index >= 15 is 0 Å². The Balaban J connectivity index is 0.00000256. The maximum absolute atomic E-state index is 5.61. The predicted molar refractivity (Wildman–Crippen MR) is 79.9 cm³/mol. The topological polar surface area (TPSA) is 68.9 Å². The van der Waals surface area contributed by atoms with E-state index in [0.29, 0.717) is 11.9 Å². The standard InChI is InChI=1S/C11H23N3O2.HI/c1-13-11(12)14-5-2-6-16-9-10-3-7-15-8-4-10;/h10H,2-9H2,1H3,(H3,12,13,14);1H. The van der Waals surface area contributed by atoms with Crippen LogP contribution in [0.3, 0.4) is 0 Å². The number of aliphatic imine (C=N–C) groups is 1. The monoisotopic (exact) mass is 357 g/mol. The van der Waals surface area contributed by atoms with Gasteiger partial charge in [-0.2, -0.15) is 0 Å². The molecule has 102 valence electrons. The Labute approximate surface area is 121 Å². The van der Waals surface area contributed by atoms with Gasteiger partial charge in [0.05, 0.1) is 0 Å². The van der Waals surface area contributed by atoms with Crippen molar-refractivity contribution in [3.05, 3.63) is 0 Å². The lowest BCUT2D eigenvalue weighted by Crippen LogP contribution is -2.32. The highest BCUT2D eigenvalue weighted by atomic mass is 127. The molecule has 0 aromatic heterocycles. The summed E-state index contributed by atoms with van der Waals surface area (Å²) >= 11 is 0. The minimum atomic E-state index is 0. The van der Waals surface area contributed by atoms with Crippen molar-refractivity contribution < 1.29 is 9.47 Å². The first-order valence-electron chi connectivity index (χ1n) is 5.94. The molecule has 0 amide bonds. The van der Waals surface area contributed by atoms with Crippen LogP contribution >= 0.6 is 24.0 Å². The molecule has 17 heavy (non-hydrogen) atoms. The summed E-state index contributed by atoms with van der Waals surface area (Å²) in [5.41, 5.74) is 5.49. The highest BCUT2D eigenvalue weighted by Gasteiger charge is 2.13. The molecule has 1 aliphatic heterocycles. The molecule has 1 fully saturated rings. The molecule has 0 bridgehead atoms. The van der Waals surface area contributed by atoms with E-state index < -0.39 is 0 Å².